The second-order valence-corrected chi connectivity index (χ2v) is 7.56. The maximum absolute atomic E-state index is 11.6. The molecule has 0 fully saturated rings. The van der Waals surface area contributed by atoms with E-state index in [0.717, 1.165) is 18.9 Å². The predicted octanol–water partition coefficient (Wildman–Crippen LogP) is 1.65. The third kappa shape index (κ3) is 12.0. The molecule has 7 heteroatoms. The number of rotatable bonds is 8. The van der Waals surface area contributed by atoms with Crippen molar-refractivity contribution in [3.63, 3.8) is 0 Å². The Morgan fingerprint density at radius 2 is 1.71 bits per heavy atom. The predicted molar refractivity (Wildman–Crippen MR) is 101 cm³/mol. The summed E-state index contributed by atoms with van der Waals surface area (Å²) in [6, 6.07) is 0.448. The minimum absolute atomic E-state index is 0.406. The van der Waals surface area contributed by atoms with Crippen molar-refractivity contribution < 1.29 is 9.53 Å². The number of aliphatic imine (C=N–C) groups is 1. The third-order valence-corrected chi connectivity index (χ3v) is 3.29. The van der Waals surface area contributed by atoms with E-state index in [0.29, 0.717) is 25.0 Å². The topological polar surface area (TPSA) is 78.0 Å². The normalized spacial score (nSPS) is 13.8. The molecular formula is C17H37N5O2. The van der Waals surface area contributed by atoms with Crippen molar-refractivity contribution in [1.82, 2.24) is 20.9 Å². The number of hydrogen-bond donors (Lipinski definition) is 3. The van der Waals surface area contributed by atoms with Crippen LogP contribution in [-0.2, 0) is 4.74 Å². The van der Waals surface area contributed by atoms with Gasteiger partial charge in [0.15, 0.2) is 5.96 Å². The van der Waals surface area contributed by atoms with Crippen molar-refractivity contribution >= 4 is 12.1 Å². The maximum Gasteiger partial charge on any atom is 0.407 e. The summed E-state index contributed by atoms with van der Waals surface area (Å²) in [6.07, 6.45) is 0.717. The Hall–Kier alpha value is -1.50. The number of carbonyl (C=O) groups is 1. The second kappa shape index (κ2) is 11.1. The molecular weight excluding hydrogens is 306 g/mol. The van der Waals surface area contributed by atoms with E-state index < -0.39 is 11.7 Å². The molecule has 142 valence electrons. The molecule has 3 N–H and O–H groups in total. The number of hydrogen-bond acceptors (Lipinski definition) is 4. The zero-order valence-corrected chi connectivity index (χ0v) is 16.7. The number of amides is 1. The maximum atomic E-state index is 11.6. The lowest BCUT2D eigenvalue weighted by atomic mass is 10.0. The first kappa shape index (κ1) is 22.5. The van der Waals surface area contributed by atoms with Gasteiger partial charge in [-0.05, 0) is 47.2 Å². The second-order valence-electron chi connectivity index (χ2n) is 7.56. The van der Waals surface area contributed by atoms with Crippen LogP contribution in [0, 0.1) is 5.92 Å². The lowest BCUT2D eigenvalue weighted by molar-refractivity contribution is 0.0529. The van der Waals surface area contributed by atoms with Crippen LogP contribution in [0.25, 0.3) is 0 Å². The van der Waals surface area contributed by atoms with Crippen LogP contribution >= 0.6 is 0 Å². The number of alkyl carbamates (subject to hydrolysis) is 1. The molecule has 0 aliphatic heterocycles. The molecule has 1 amide bonds. The van der Waals surface area contributed by atoms with E-state index in [1.165, 1.54) is 0 Å². The van der Waals surface area contributed by atoms with Crippen molar-refractivity contribution in [2.24, 2.45) is 10.9 Å². The largest absolute Gasteiger partial charge is 0.444 e. The minimum atomic E-state index is -0.479. The quantitative estimate of drug-likeness (QED) is 0.355. The Kier molecular flexibility index (Phi) is 10.4. The fourth-order valence-electron chi connectivity index (χ4n) is 2.12. The molecule has 0 aromatic heterocycles. The van der Waals surface area contributed by atoms with Gasteiger partial charge in [-0.1, -0.05) is 13.8 Å². The van der Waals surface area contributed by atoms with E-state index in [2.05, 4.69) is 53.8 Å². The standard InChI is InChI=1S/C17H37N5O2/c1-13(2)11-14(22(7)8)12-21-15(18-6)19-9-10-20-16(23)24-17(3,4)5/h13-14H,9-12H2,1-8H3,(H,20,23)(H2,18,19,21). The van der Waals surface area contributed by atoms with Gasteiger partial charge in [-0.25, -0.2) is 4.79 Å². The van der Waals surface area contributed by atoms with Gasteiger partial charge in [0.05, 0.1) is 0 Å². The summed E-state index contributed by atoms with van der Waals surface area (Å²) in [6.45, 7) is 11.9. The SMILES string of the molecule is CN=C(NCCNC(=O)OC(C)(C)C)NCC(CC(C)C)N(C)C. The van der Waals surface area contributed by atoms with E-state index >= 15 is 0 Å². The van der Waals surface area contributed by atoms with E-state index in [9.17, 15) is 4.79 Å². The van der Waals surface area contributed by atoms with Crippen LogP contribution in [0.1, 0.15) is 41.0 Å². The van der Waals surface area contributed by atoms with Gasteiger partial charge in [0, 0.05) is 32.7 Å². The fraction of sp³-hybridized carbons (Fsp3) is 0.882. The smallest absolute Gasteiger partial charge is 0.407 e. The highest BCUT2D eigenvalue weighted by molar-refractivity contribution is 5.79. The van der Waals surface area contributed by atoms with E-state index in [1.807, 2.05) is 20.8 Å². The Morgan fingerprint density at radius 3 is 2.17 bits per heavy atom. The van der Waals surface area contributed by atoms with Crippen molar-refractivity contribution in [1.29, 1.82) is 0 Å². The number of likely N-dealkylation sites (N-methyl/N-ethyl adjacent to an activating group) is 1. The van der Waals surface area contributed by atoms with Gasteiger partial charge in [0.25, 0.3) is 0 Å². The van der Waals surface area contributed by atoms with Crippen molar-refractivity contribution in [3.05, 3.63) is 0 Å². The molecule has 0 spiro atoms. The molecule has 0 aliphatic rings. The van der Waals surface area contributed by atoms with Crippen molar-refractivity contribution in [3.8, 4) is 0 Å². The monoisotopic (exact) mass is 343 g/mol. The third-order valence-electron chi connectivity index (χ3n) is 3.29. The summed E-state index contributed by atoms with van der Waals surface area (Å²) >= 11 is 0. The molecule has 7 nitrogen and oxygen atoms in total. The van der Waals surface area contributed by atoms with E-state index in [1.54, 1.807) is 7.05 Å². The Bertz CT molecular complexity index is 389. The summed E-state index contributed by atoms with van der Waals surface area (Å²) in [5, 5.41) is 9.23. The lowest BCUT2D eigenvalue weighted by Crippen LogP contribution is -2.47. The molecule has 1 atom stereocenters. The molecule has 0 aromatic carbocycles. The van der Waals surface area contributed by atoms with E-state index in [4.69, 9.17) is 4.74 Å². The first-order valence-corrected chi connectivity index (χ1v) is 8.63. The van der Waals surface area contributed by atoms with Crippen LogP contribution in [0.4, 0.5) is 4.79 Å². The molecule has 0 saturated heterocycles. The van der Waals surface area contributed by atoms with Gasteiger partial charge < -0.3 is 25.6 Å². The molecule has 0 aliphatic carbocycles. The molecule has 0 saturated carbocycles. The van der Waals surface area contributed by atoms with Gasteiger partial charge in [-0.2, -0.15) is 0 Å². The molecule has 24 heavy (non-hydrogen) atoms. The highest BCUT2D eigenvalue weighted by Gasteiger charge is 2.16. The van der Waals surface area contributed by atoms with Crippen molar-refractivity contribution in [2.75, 3.05) is 40.8 Å². The highest BCUT2D eigenvalue weighted by Crippen LogP contribution is 2.08. The Labute approximate surface area is 147 Å². The first-order chi connectivity index (χ1) is 11.0. The van der Waals surface area contributed by atoms with Gasteiger partial charge in [-0.15, -0.1) is 0 Å². The number of ether oxygens (including phenoxy) is 1. The first-order valence-electron chi connectivity index (χ1n) is 8.63. The molecule has 0 heterocycles. The molecule has 0 aromatic rings. The highest BCUT2D eigenvalue weighted by atomic mass is 16.6. The summed E-state index contributed by atoms with van der Waals surface area (Å²) in [4.78, 5) is 18.0. The number of carbonyl (C=O) groups excluding carboxylic acids is 1. The zero-order valence-electron chi connectivity index (χ0n) is 16.7. The summed E-state index contributed by atoms with van der Waals surface area (Å²) in [5.74, 6) is 1.38. The summed E-state index contributed by atoms with van der Waals surface area (Å²) in [5.41, 5.74) is -0.479. The van der Waals surface area contributed by atoms with Gasteiger partial charge in [-0.3, -0.25) is 4.99 Å². The van der Waals surface area contributed by atoms with Crippen LogP contribution in [-0.4, -0.2) is 69.4 Å². The van der Waals surface area contributed by atoms with Gasteiger partial charge in [0.2, 0.25) is 0 Å². The van der Waals surface area contributed by atoms with Crippen molar-refractivity contribution in [2.45, 2.75) is 52.7 Å². The fourth-order valence-corrected chi connectivity index (χ4v) is 2.12. The number of nitrogens with one attached hydrogen (secondary N) is 3. The number of nitrogens with zero attached hydrogens (tertiary/aromatic N) is 2. The van der Waals surface area contributed by atoms with Crippen LogP contribution in [0.2, 0.25) is 0 Å². The lowest BCUT2D eigenvalue weighted by Gasteiger charge is -2.27. The Morgan fingerprint density at radius 1 is 1.12 bits per heavy atom. The van der Waals surface area contributed by atoms with Crippen LogP contribution in [0.3, 0.4) is 0 Å². The van der Waals surface area contributed by atoms with E-state index in [-0.39, 0.29) is 0 Å². The average Bonchev–Trinajstić information content (AvgIpc) is 2.42. The van der Waals surface area contributed by atoms with Crippen LogP contribution in [0.5, 0.6) is 0 Å². The molecule has 0 bridgehead atoms. The Balaban J connectivity index is 4.09. The van der Waals surface area contributed by atoms with Gasteiger partial charge in [0.1, 0.15) is 5.60 Å². The molecule has 0 radical (unpaired) electrons. The van der Waals surface area contributed by atoms with Crippen LogP contribution in [0.15, 0.2) is 4.99 Å². The average molecular weight is 344 g/mol. The number of guanidine groups is 1. The van der Waals surface area contributed by atoms with Crippen LogP contribution < -0.4 is 16.0 Å². The summed E-state index contributed by atoms with van der Waals surface area (Å²) < 4.78 is 5.18. The molecule has 1 unspecified atom stereocenters. The van der Waals surface area contributed by atoms with Gasteiger partial charge >= 0.3 is 6.09 Å². The molecule has 0 rings (SSSR count). The summed E-state index contributed by atoms with van der Waals surface area (Å²) in [7, 11) is 5.93. The minimum Gasteiger partial charge on any atom is -0.444 e. The zero-order chi connectivity index (χ0) is 18.8.